The van der Waals surface area contributed by atoms with Crippen molar-refractivity contribution < 1.29 is 37.0 Å². The molecule has 0 spiro atoms. The first-order valence-corrected chi connectivity index (χ1v) is 14.8. The number of amides is 3. The van der Waals surface area contributed by atoms with E-state index in [2.05, 4.69) is 5.32 Å². The minimum atomic E-state index is -4.48. The lowest BCUT2D eigenvalue weighted by molar-refractivity contribution is -0.137. The second kappa shape index (κ2) is 14.6. The molecule has 8 nitrogen and oxygen atoms in total. The zero-order valence-electron chi connectivity index (χ0n) is 24.4. The Balaban J connectivity index is 1.50. The van der Waals surface area contributed by atoms with E-state index in [9.17, 15) is 22.8 Å². The monoisotopic (exact) mass is 619 g/mol. The molecule has 1 aromatic heterocycles. The van der Waals surface area contributed by atoms with E-state index in [-0.39, 0.29) is 30.8 Å². The number of aryl methyl sites for hydroxylation is 1. The number of nitrogens with zero attached hydrogens (tertiary/aromatic N) is 2. The molecule has 0 aliphatic carbocycles. The van der Waals surface area contributed by atoms with Gasteiger partial charge in [-0.05, 0) is 80.3 Å². The Labute approximate surface area is 253 Å². The number of nitrogens with one attached hydrogen (secondary N) is 1. The third-order valence-corrected chi connectivity index (χ3v) is 8.12. The molecule has 0 bridgehead atoms. The number of urea groups is 1. The van der Waals surface area contributed by atoms with Gasteiger partial charge >= 0.3 is 12.2 Å². The van der Waals surface area contributed by atoms with Crippen LogP contribution in [0, 0.1) is 6.92 Å². The van der Waals surface area contributed by atoms with Gasteiger partial charge < -0.3 is 29.3 Å². The molecule has 1 fully saturated rings. The summed E-state index contributed by atoms with van der Waals surface area (Å²) in [5, 5.41) is 2.64. The highest BCUT2D eigenvalue weighted by Gasteiger charge is 2.30. The van der Waals surface area contributed by atoms with Crippen LogP contribution in [0.25, 0.3) is 0 Å². The molecule has 1 aliphatic heterocycles. The van der Waals surface area contributed by atoms with Crippen LogP contribution < -0.4 is 14.8 Å². The van der Waals surface area contributed by atoms with E-state index in [1.165, 1.54) is 17.0 Å². The van der Waals surface area contributed by atoms with Crippen LogP contribution >= 0.6 is 11.3 Å². The first-order valence-electron chi connectivity index (χ1n) is 13.9. The summed E-state index contributed by atoms with van der Waals surface area (Å²) in [6.45, 7) is 3.29. The van der Waals surface area contributed by atoms with Gasteiger partial charge in [0.1, 0.15) is 6.54 Å². The first-order chi connectivity index (χ1) is 20.5. The Bertz CT molecular complexity index is 1370. The summed E-state index contributed by atoms with van der Waals surface area (Å²) in [7, 11) is 3.13. The predicted molar refractivity (Wildman–Crippen MR) is 159 cm³/mol. The summed E-state index contributed by atoms with van der Waals surface area (Å²) >= 11 is 1.60. The molecule has 12 heteroatoms. The third kappa shape index (κ3) is 9.11. The maximum atomic E-state index is 13.8. The average Bonchev–Trinajstić information content (AvgIpc) is 3.65. The Hall–Kier alpha value is -3.77. The van der Waals surface area contributed by atoms with Crippen LogP contribution in [0.4, 0.5) is 23.7 Å². The van der Waals surface area contributed by atoms with Gasteiger partial charge in [0.05, 0.1) is 32.4 Å². The molecule has 3 aromatic rings. The highest BCUT2D eigenvalue weighted by molar-refractivity contribution is 7.11. The summed E-state index contributed by atoms with van der Waals surface area (Å²) in [6.07, 6.45) is -2.58. The Kier molecular flexibility index (Phi) is 10.9. The van der Waals surface area contributed by atoms with Crippen molar-refractivity contribution in [1.82, 2.24) is 9.80 Å². The van der Waals surface area contributed by atoms with Gasteiger partial charge in [-0.25, -0.2) is 4.79 Å². The largest absolute Gasteiger partial charge is 0.493 e. The van der Waals surface area contributed by atoms with Crippen molar-refractivity contribution in [2.45, 2.75) is 45.0 Å². The van der Waals surface area contributed by atoms with Gasteiger partial charge in [0.25, 0.3) is 0 Å². The summed E-state index contributed by atoms with van der Waals surface area (Å²) < 4.78 is 55.5. The number of anilines is 1. The number of halogens is 3. The molecule has 1 N–H and O–H groups in total. The summed E-state index contributed by atoms with van der Waals surface area (Å²) in [4.78, 5) is 32.4. The van der Waals surface area contributed by atoms with Gasteiger partial charge in [-0.1, -0.05) is 6.07 Å². The van der Waals surface area contributed by atoms with Crippen LogP contribution in [-0.4, -0.2) is 68.3 Å². The van der Waals surface area contributed by atoms with Crippen molar-refractivity contribution in [2.24, 2.45) is 0 Å². The van der Waals surface area contributed by atoms with Crippen molar-refractivity contribution >= 4 is 29.0 Å². The number of carbonyl (C=O) groups is 2. The molecule has 2 aromatic carbocycles. The molecule has 1 saturated heterocycles. The van der Waals surface area contributed by atoms with Gasteiger partial charge in [0.15, 0.2) is 11.5 Å². The smallest absolute Gasteiger partial charge is 0.416 e. The number of hydrogen-bond acceptors (Lipinski definition) is 6. The highest BCUT2D eigenvalue weighted by atomic mass is 32.1. The molecule has 0 radical (unpaired) electrons. The highest BCUT2D eigenvalue weighted by Crippen LogP contribution is 2.30. The van der Waals surface area contributed by atoms with Crippen molar-refractivity contribution in [3.05, 3.63) is 75.5 Å². The molecule has 232 valence electrons. The van der Waals surface area contributed by atoms with E-state index in [0.29, 0.717) is 37.6 Å². The van der Waals surface area contributed by atoms with Crippen molar-refractivity contribution in [3.63, 3.8) is 0 Å². The lowest BCUT2D eigenvalue weighted by Gasteiger charge is -2.29. The van der Waals surface area contributed by atoms with Gasteiger partial charge in [0.2, 0.25) is 5.91 Å². The molecule has 1 unspecified atom stereocenters. The minimum Gasteiger partial charge on any atom is -0.493 e. The van der Waals surface area contributed by atoms with Crippen molar-refractivity contribution in [1.29, 1.82) is 0 Å². The van der Waals surface area contributed by atoms with E-state index in [1.54, 1.807) is 30.5 Å². The number of alkyl halides is 3. The fourth-order valence-electron chi connectivity index (χ4n) is 4.81. The molecule has 2 heterocycles. The van der Waals surface area contributed by atoms with Gasteiger partial charge in [-0.2, -0.15) is 13.2 Å². The molecule has 1 atom stereocenters. The zero-order chi connectivity index (χ0) is 31.0. The molecule has 0 saturated carbocycles. The zero-order valence-corrected chi connectivity index (χ0v) is 25.2. The number of thiophene rings is 1. The second-order valence-corrected chi connectivity index (χ2v) is 11.7. The van der Waals surface area contributed by atoms with Crippen LogP contribution in [0.1, 0.15) is 33.7 Å². The van der Waals surface area contributed by atoms with E-state index in [4.69, 9.17) is 14.2 Å². The van der Waals surface area contributed by atoms with Crippen LogP contribution in [0.2, 0.25) is 0 Å². The third-order valence-electron chi connectivity index (χ3n) is 7.14. The summed E-state index contributed by atoms with van der Waals surface area (Å²) in [6, 6.07) is 13.2. The van der Waals surface area contributed by atoms with Crippen molar-refractivity contribution in [2.75, 3.05) is 45.8 Å². The summed E-state index contributed by atoms with van der Waals surface area (Å²) in [5.74, 6) is 0.943. The Morgan fingerprint density at radius 2 is 1.77 bits per heavy atom. The first kappa shape index (κ1) is 32.2. The number of ether oxygens (including phenoxy) is 3. The van der Waals surface area contributed by atoms with E-state index in [0.717, 1.165) is 40.3 Å². The topological polar surface area (TPSA) is 80.3 Å². The average molecular weight is 620 g/mol. The molecular weight excluding hydrogens is 583 g/mol. The number of methoxy groups -OCH3 is 2. The van der Waals surface area contributed by atoms with Gasteiger partial charge in [-0.15, -0.1) is 11.3 Å². The van der Waals surface area contributed by atoms with Gasteiger partial charge in [-0.3, -0.25) is 4.79 Å². The SMILES string of the molecule is COc1ccc(CCN(Cc2ccc(C)s2)C(=O)CN(CC2CCCO2)C(=O)Nc2ccc(C(F)(F)F)cc2)cc1OC. The molecule has 4 rings (SSSR count). The van der Waals surface area contributed by atoms with E-state index < -0.39 is 17.8 Å². The molecule has 43 heavy (non-hydrogen) atoms. The Morgan fingerprint density at radius 1 is 1.02 bits per heavy atom. The maximum absolute atomic E-state index is 13.8. The molecule has 1 aliphatic rings. The number of rotatable bonds is 12. The predicted octanol–water partition coefficient (Wildman–Crippen LogP) is 6.38. The molecule has 3 amide bonds. The van der Waals surface area contributed by atoms with Gasteiger partial charge in [0, 0.05) is 35.1 Å². The fraction of sp³-hybridized carbons (Fsp3) is 0.419. The number of hydrogen-bond donors (Lipinski definition) is 1. The normalized spacial score (nSPS) is 14.8. The number of carbonyl (C=O) groups excluding carboxylic acids is 2. The fourth-order valence-corrected chi connectivity index (χ4v) is 5.72. The van der Waals surface area contributed by atoms with Crippen LogP contribution in [0.15, 0.2) is 54.6 Å². The lowest BCUT2D eigenvalue weighted by atomic mass is 10.1. The second-order valence-electron chi connectivity index (χ2n) is 10.3. The molecular formula is C31H36F3N3O5S. The van der Waals surface area contributed by atoms with Crippen LogP contribution in [0.5, 0.6) is 11.5 Å². The van der Waals surface area contributed by atoms with Crippen molar-refractivity contribution in [3.8, 4) is 11.5 Å². The quantitative estimate of drug-likeness (QED) is 0.255. The maximum Gasteiger partial charge on any atom is 0.416 e. The standard InChI is InChI=1S/C31H36F3N3O5S/c1-21-6-12-26(43-21)19-36(15-14-22-7-13-27(40-2)28(17-22)41-3)29(38)20-37(18-25-5-4-16-42-25)30(39)35-24-10-8-23(9-11-24)31(32,33)34/h6-13,17,25H,4-5,14-16,18-20H2,1-3H3,(H,35,39). The summed E-state index contributed by atoms with van der Waals surface area (Å²) in [5.41, 5.74) is 0.335. The van der Waals surface area contributed by atoms with Crippen LogP contribution in [-0.2, 0) is 28.7 Å². The van der Waals surface area contributed by atoms with E-state index in [1.807, 2.05) is 37.3 Å². The minimum absolute atomic E-state index is 0.180. The van der Waals surface area contributed by atoms with E-state index >= 15 is 0 Å². The Morgan fingerprint density at radius 3 is 2.37 bits per heavy atom. The number of benzene rings is 2. The van der Waals surface area contributed by atoms with Crippen LogP contribution in [0.3, 0.4) is 0 Å². The lowest BCUT2D eigenvalue weighted by Crippen LogP contribution is -2.47.